The Balaban J connectivity index is 1.64. The van der Waals surface area contributed by atoms with Gasteiger partial charge in [-0.15, -0.1) is 0 Å². The first-order valence-corrected chi connectivity index (χ1v) is 9.34. The smallest absolute Gasteiger partial charge is 0.254 e. The molecule has 1 amide bonds. The van der Waals surface area contributed by atoms with E-state index in [9.17, 15) is 4.79 Å². The molecule has 2 heterocycles. The number of nitrogens with zero attached hydrogens (tertiary/aromatic N) is 2. The molecule has 1 saturated heterocycles. The molecule has 2 aromatic carbocycles. The molecule has 1 aliphatic heterocycles. The van der Waals surface area contributed by atoms with Crippen molar-refractivity contribution in [1.29, 1.82) is 0 Å². The normalized spacial score (nSPS) is 20.8. The van der Waals surface area contributed by atoms with Crippen molar-refractivity contribution in [2.45, 2.75) is 33.0 Å². The molecule has 0 spiro atoms. The highest BCUT2D eigenvalue weighted by Crippen LogP contribution is 2.34. The number of morpholine rings is 1. The Morgan fingerprint density at radius 1 is 1.15 bits per heavy atom. The van der Waals surface area contributed by atoms with Gasteiger partial charge in [-0.25, -0.2) is 4.98 Å². The SMILES string of the molecule is CC(C)(C)[C@H]1CN(C(=O)c2ccc3nc[nH]c3c2)C[C@@H](c2ccccc2)O1. The summed E-state index contributed by atoms with van der Waals surface area (Å²) < 4.78 is 6.40. The van der Waals surface area contributed by atoms with E-state index < -0.39 is 0 Å². The Labute approximate surface area is 159 Å². The third kappa shape index (κ3) is 3.60. The second kappa shape index (κ2) is 6.82. The number of hydrogen-bond donors (Lipinski definition) is 1. The molecule has 0 aliphatic carbocycles. The van der Waals surface area contributed by atoms with E-state index >= 15 is 0 Å². The van der Waals surface area contributed by atoms with Gasteiger partial charge in [0.1, 0.15) is 6.10 Å². The largest absolute Gasteiger partial charge is 0.366 e. The van der Waals surface area contributed by atoms with E-state index in [-0.39, 0.29) is 23.5 Å². The molecule has 1 aliphatic rings. The van der Waals surface area contributed by atoms with Crippen LogP contribution >= 0.6 is 0 Å². The van der Waals surface area contributed by atoms with Crippen LogP contribution in [0.25, 0.3) is 11.0 Å². The third-order valence-electron chi connectivity index (χ3n) is 5.19. The first kappa shape index (κ1) is 17.7. The van der Waals surface area contributed by atoms with E-state index in [0.717, 1.165) is 16.6 Å². The van der Waals surface area contributed by atoms with Crippen LogP contribution in [0.15, 0.2) is 54.9 Å². The molecule has 2 atom stereocenters. The van der Waals surface area contributed by atoms with Gasteiger partial charge in [0.2, 0.25) is 0 Å². The minimum Gasteiger partial charge on any atom is -0.366 e. The standard InChI is InChI=1S/C22H25N3O2/c1-22(2,3)20-13-25(12-19(27-20)15-7-5-4-6-8-15)21(26)16-9-10-17-18(11-16)24-14-23-17/h4-11,14,19-20H,12-13H2,1-3H3,(H,23,24)/t19-,20+/m0/s1. The van der Waals surface area contributed by atoms with Crippen molar-refractivity contribution in [1.82, 2.24) is 14.9 Å². The Morgan fingerprint density at radius 2 is 1.93 bits per heavy atom. The second-order valence-corrected chi connectivity index (χ2v) is 8.23. The van der Waals surface area contributed by atoms with Crippen molar-refractivity contribution in [3.8, 4) is 0 Å². The summed E-state index contributed by atoms with van der Waals surface area (Å²) in [7, 11) is 0. The van der Waals surface area contributed by atoms with Gasteiger partial charge in [-0.2, -0.15) is 0 Å². The zero-order valence-corrected chi connectivity index (χ0v) is 16.0. The number of carbonyl (C=O) groups is 1. The average Bonchev–Trinajstić information content (AvgIpc) is 3.15. The minimum atomic E-state index is -0.121. The molecule has 0 saturated carbocycles. The van der Waals surface area contributed by atoms with Gasteiger partial charge in [-0.3, -0.25) is 4.79 Å². The van der Waals surface area contributed by atoms with E-state index in [1.807, 2.05) is 41.3 Å². The lowest BCUT2D eigenvalue weighted by Crippen LogP contribution is -2.51. The van der Waals surface area contributed by atoms with Crippen molar-refractivity contribution in [2.24, 2.45) is 5.41 Å². The summed E-state index contributed by atoms with van der Waals surface area (Å²) in [6.07, 6.45) is 1.50. The molecule has 140 valence electrons. The van der Waals surface area contributed by atoms with E-state index in [2.05, 4.69) is 42.9 Å². The number of nitrogens with one attached hydrogen (secondary N) is 1. The van der Waals surface area contributed by atoms with Gasteiger partial charge >= 0.3 is 0 Å². The Morgan fingerprint density at radius 3 is 2.67 bits per heavy atom. The Kier molecular flexibility index (Phi) is 4.48. The van der Waals surface area contributed by atoms with Crippen molar-refractivity contribution in [3.05, 3.63) is 66.0 Å². The van der Waals surface area contributed by atoms with Gasteiger partial charge in [0, 0.05) is 12.1 Å². The number of rotatable bonds is 2. The molecule has 1 fully saturated rings. The predicted molar refractivity (Wildman–Crippen MR) is 106 cm³/mol. The average molecular weight is 363 g/mol. The van der Waals surface area contributed by atoms with E-state index in [4.69, 9.17) is 4.74 Å². The van der Waals surface area contributed by atoms with Crippen LogP contribution in [0.1, 0.15) is 42.8 Å². The summed E-state index contributed by atoms with van der Waals surface area (Å²) >= 11 is 0. The highest BCUT2D eigenvalue weighted by Gasteiger charge is 2.37. The summed E-state index contributed by atoms with van der Waals surface area (Å²) in [6.45, 7) is 7.61. The van der Waals surface area contributed by atoms with E-state index in [0.29, 0.717) is 18.7 Å². The summed E-state index contributed by atoms with van der Waals surface area (Å²) in [4.78, 5) is 22.5. The molecule has 0 bridgehead atoms. The predicted octanol–water partition coefficient (Wildman–Crippen LogP) is 4.19. The summed E-state index contributed by atoms with van der Waals surface area (Å²) in [5.41, 5.74) is 3.46. The van der Waals surface area contributed by atoms with Crippen molar-refractivity contribution in [3.63, 3.8) is 0 Å². The van der Waals surface area contributed by atoms with Crippen LogP contribution in [0.3, 0.4) is 0 Å². The summed E-state index contributed by atoms with van der Waals surface area (Å²) in [5.74, 6) is 0.0324. The number of fused-ring (bicyclic) bond motifs is 1. The fourth-order valence-electron chi connectivity index (χ4n) is 3.51. The second-order valence-electron chi connectivity index (χ2n) is 8.23. The van der Waals surface area contributed by atoms with Crippen LogP contribution in [0.4, 0.5) is 0 Å². The topological polar surface area (TPSA) is 58.2 Å². The van der Waals surface area contributed by atoms with Gasteiger partial charge in [0.05, 0.1) is 30.0 Å². The van der Waals surface area contributed by atoms with E-state index in [1.54, 1.807) is 6.33 Å². The molecule has 1 aromatic heterocycles. The molecule has 0 unspecified atom stereocenters. The van der Waals surface area contributed by atoms with Crippen LogP contribution in [0.5, 0.6) is 0 Å². The number of H-pyrrole nitrogens is 1. The monoisotopic (exact) mass is 363 g/mol. The lowest BCUT2D eigenvalue weighted by atomic mass is 9.87. The number of amides is 1. The number of benzene rings is 2. The molecular formula is C22H25N3O2. The van der Waals surface area contributed by atoms with Crippen LogP contribution in [-0.4, -0.2) is 40.0 Å². The maximum atomic E-state index is 13.3. The zero-order chi connectivity index (χ0) is 19.0. The maximum Gasteiger partial charge on any atom is 0.254 e. The number of aromatic nitrogens is 2. The Bertz CT molecular complexity index is 943. The summed E-state index contributed by atoms with van der Waals surface area (Å²) in [6, 6.07) is 15.8. The number of ether oxygens (including phenoxy) is 1. The van der Waals surface area contributed by atoms with Crippen molar-refractivity contribution >= 4 is 16.9 Å². The highest BCUT2D eigenvalue weighted by molar-refractivity contribution is 5.97. The third-order valence-corrected chi connectivity index (χ3v) is 5.19. The van der Waals surface area contributed by atoms with Gasteiger partial charge in [0.15, 0.2) is 0 Å². The lowest BCUT2D eigenvalue weighted by molar-refractivity contribution is -0.119. The van der Waals surface area contributed by atoms with Crippen LogP contribution < -0.4 is 0 Å². The highest BCUT2D eigenvalue weighted by atomic mass is 16.5. The first-order chi connectivity index (χ1) is 12.9. The minimum absolute atomic E-state index is 0.0312. The van der Waals surface area contributed by atoms with Crippen molar-refractivity contribution < 1.29 is 9.53 Å². The molecular weight excluding hydrogens is 338 g/mol. The lowest BCUT2D eigenvalue weighted by Gasteiger charge is -2.43. The van der Waals surface area contributed by atoms with Crippen LogP contribution in [0, 0.1) is 5.41 Å². The Hall–Kier alpha value is -2.66. The number of aromatic amines is 1. The van der Waals surface area contributed by atoms with Gasteiger partial charge in [0.25, 0.3) is 5.91 Å². The van der Waals surface area contributed by atoms with Gasteiger partial charge < -0.3 is 14.6 Å². The van der Waals surface area contributed by atoms with Gasteiger partial charge in [-0.1, -0.05) is 51.1 Å². The molecule has 5 nitrogen and oxygen atoms in total. The molecule has 3 aromatic rings. The summed E-state index contributed by atoms with van der Waals surface area (Å²) in [5, 5.41) is 0. The number of imidazole rings is 1. The molecule has 4 rings (SSSR count). The van der Waals surface area contributed by atoms with Gasteiger partial charge in [-0.05, 0) is 29.2 Å². The first-order valence-electron chi connectivity index (χ1n) is 9.34. The van der Waals surface area contributed by atoms with Crippen LogP contribution in [-0.2, 0) is 4.74 Å². The number of carbonyl (C=O) groups excluding carboxylic acids is 1. The molecule has 1 N–H and O–H groups in total. The van der Waals surface area contributed by atoms with Crippen molar-refractivity contribution in [2.75, 3.05) is 13.1 Å². The fraction of sp³-hybridized carbons (Fsp3) is 0.364. The number of hydrogen-bond acceptors (Lipinski definition) is 3. The molecule has 0 radical (unpaired) electrons. The maximum absolute atomic E-state index is 13.3. The zero-order valence-electron chi connectivity index (χ0n) is 16.0. The fourth-order valence-corrected chi connectivity index (χ4v) is 3.51. The molecule has 27 heavy (non-hydrogen) atoms. The quantitative estimate of drug-likeness (QED) is 0.743. The van der Waals surface area contributed by atoms with E-state index in [1.165, 1.54) is 0 Å². The van der Waals surface area contributed by atoms with Crippen LogP contribution in [0.2, 0.25) is 0 Å². The molecule has 5 heteroatoms.